The molecule has 0 aliphatic carbocycles. The van der Waals surface area contributed by atoms with Crippen molar-refractivity contribution in [2.45, 2.75) is 19.3 Å². The first-order valence-corrected chi connectivity index (χ1v) is 4.22. The SMILES string of the molecule is C=CCCC1(CN)CCOC1. The Balaban J connectivity index is 2.38. The molecule has 2 heteroatoms. The average Bonchev–Trinajstić information content (AvgIpc) is 2.50. The van der Waals surface area contributed by atoms with E-state index in [0.717, 1.165) is 39.0 Å². The highest BCUT2D eigenvalue weighted by molar-refractivity contribution is 4.86. The Morgan fingerprint density at radius 3 is 2.91 bits per heavy atom. The van der Waals surface area contributed by atoms with Crippen LogP contribution in [0, 0.1) is 5.41 Å². The molecule has 0 spiro atoms. The summed E-state index contributed by atoms with van der Waals surface area (Å²) in [6.07, 6.45) is 5.26. The molecule has 2 nitrogen and oxygen atoms in total. The van der Waals surface area contributed by atoms with Crippen molar-refractivity contribution in [2.24, 2.45) is 11.1 Å². The first kappa shape index (κ1) is 8.75. The van der Waals surface area contributed by atoms with Crippen LogP contribution in [0.15, 0.2) is 12.7 Å². The molecule has 0 radical (unpaired) electrons. The Bertz CT molecular complexity index is 128. The minimum atomic E-state index is 0.272. The van der Waals surface area contributed by atoms with E-state index in [4.69, 9.17) is 10.5 Å². The summed E-state index contributed by atoms with van der Waals surface area (Å²) >= 11 is 0. The largest absolute Gasteiger partial charge is 0.381 e. The van der Waals surface area contributed by atoms with Crippen molar-refractivity contribution in [1.82, 2.24) is 0 Å². The van der Waals surface area contributed by atoms with Gasteiger partial charge in [0.2, 0.25) is 0 Å². The van der Waals surface area contributed by atoms with Gasteiger partial charge >= 0.3 is 0 Å². The first-order chi connectivity index (χ1) is 5.33. The minimum Gasteiger partial charge on any atom is -0.381 e. The molecular formula is C9H17NO. The molecule has 1 unspecified atom stereocenters. The van der Waals surface area contributed by atoms with Gasteiger partial charge in [-0.2, -0.15) is 0 Å². The van der Waals surface area contributed by atoms with Gasteiger partial charge in [-0.15, -0.1) is 6.58 Å². The van der Waals surface area contributed by atoms with Crippen LogP contribution in [0.25, 0.3) is 0 Å². The predicted molar refractivity (Wildman–Crippen MR) is 46.4 cm³/mol. The molecule has 1 rings (SSSR count). The zero-order valence-electron chi connectivity index (χ0n) is 7.01. The van der Waals surface area contributed by atoms with Gasteiger partial charge in [-0.05, 0) is 19.3 Å². The van der Waals surface area contributed by atoms with Crippen molar-refractivity contribution in [3.63, 3.8) is 0 Å². The second-order valence-corrected chi connectivity index (χ2v) is 3.33. The lowest BCUT2D eigenvalue weighted by Gasteiger charge is -2.24. The topological polar surface area (TPSA) is 35.2 Å². The standard InChI is InChI=1S/C9H17NO/c1-2-3-4-9(7-10)5-6-11-8-9/h2H,1,3-8,10H2. The van der Waals surface area contributed by atoms with E-state index in [1.54, 1.807) is 0 Å². The molecule has 0 bridgehead atoms. The van der Waals surface area contributed by atoms with E-state index in [9.17, 15) is 0 Å². The molecule has 11 heavy (non-hydrogen) atoms. The summed E-state index contributed by atoms with van der Waals surface area (Å²) in [6, 6.07) is 0. The van der Waals surface area contributed by atoms with Crippen molar-refractivity contribution in [3.8, 4) is 0 Å². The first-order valence-electron chi connectivity index (χ1n) is 4.22. The van der Waals surface area contributed by atoms with Gasteiger partial charge in [-0.3, -0.25) is 0 Å². The van der Waals surface area contributed by atoms with Crippen LogP contribution in [0.2, 0.25) is 0 Å². The number of hydrogen-bond donors (Lipinski definition) is 1. The zero-order valence-corrected chi connectivity index (χ0v) is 7.01. The highest BCUT2D eigenvalue weighted by atomic mass is 16.5. The Morgan fingerprint density at radius 2 is 2.45 bits per heavy atom. The van der Waals surface area contributed by atoms with Crippen LogP contribution < -0.4 is 5.73 Å². The third-order valence-corrected chi connectivity index (χ3v) is 2.50. The van der Waals surface area contributed by atoms with Gasteiger partial charge in [-0.25, -0.2) is 0 Å². The van der Waals surface area contributed by atoms with E-state index in [2.05, 4.69) is 6.58 Å². The van der Waals surface area contributed by atoms with Crippen LogP contribution in [0.1, 0.15) is 19.3 Å². The lowest BCUT2D eigenvalue weighted by atomic mass is 9.83. The summed E-state index contributed by atoms with van der Waals surface area (Å²) in [5.41, 5.74) is 5.97. The Kier molecular flexibility index (Phi) is 3.09. The highest BCUT2D eigenvalue weighted by Gasteiger charge is 2.32. The van der Waals surface area contributed by atoms with Crippen LogP contribution in [0.5, 0.6) is 0 Å². The Morgan fingerprint density at radius 1 is 1.64 bits per heavy atom. The van der Waals surface area contributed by atoms with E-state index in [1.165, 1.54) is 0 Å². The van der Waals surface area contributed by atoms with Crippen LogP contribution in [-0.2, 0) is 4.74 Å². The number of ether oxygens (including phenoxy) is 1. The second-order valence-electron chi connectivity index (χ2n) is 3.33. The van der Waals surface area contributed by atoms with Crippen LogP contribution in [0.4, 0.5) is 0 Å². The van der Waals surface area contributed by atoms with Crippen molar-refractivity contribution >= 4 is 0 Å². The molecular weight excluding hydrogens is 138 g/mol. The average molecular weight is 155 g/mol. The molecule has 0 aromatic rings. The predicted octanol–water partition coefficient (Wildman–Crippen LogP) is 1.32. The molecule has 1 fully saturated rings. The number of hydrogen-bond acceptors (Lipinski definition) is 2. The minimum absolute atomic E-state index is 0.272. The molecule has 1 aliphatic heterocycles. The zero-order chi connectivity index (χ0) is 8.16. The van der Waals surface area contributed by atoms with Gasteiger partial charge in [0.05, 0.1) is 6.61 Å². The van der Waals surface area contributed by atoms with Gasteiger partial charge in [0.1, 0.15) is 0 Å². The van der Waals surface area contributed by atoms with Crippen LogP contribution in [-0.4, -0.2) is 19.8 Å². The van der Waals surface area contributed by atoms with E-state index in [-0.39, 0.29) is 5.41 Å². The summed E-state index contributed by atoms with van der Waals surface area (Å²) in [5.74, 6) is 0. The third kappa shape index (κ3) is 2.04. The smallest absolute Gasteiger partial charge is 0.0535 e. The van der Waals surface area contributed by atoms with Gasteiger partial charge < -0.3 is 10.5 Å². The van der Waals surface area contributed by atoms with Gasteiger partial charge in [0.25, 0.3) is 0 Å². The maximum atomic E-state index is 5.70. The molecule has 1 saturated heterocycles. The monoisotopic (exact) mass is 155 g/mol. The fourth-order valence-corrected chi connectivity index (χ4v) is 1.52. The van der Waals surface area contributed by atoms with Crippen LogP contribution >= 0.6 is 0 Å². The van der Waals surface area contributed by atoms with Crippen molar-refractivity contribution < 1.29 is 4.74 Å². The fourth-order valence-electron chi connectivity index (χ4n) is 1.52. The fraction of sp³-hybridized carbons (Fsp3) is 0.778. The maximum absolute atomic E-state index is 5.70. The number of rotatable bonds is 4. The molecule has 2 N–H and O–H groups in total. The summed E-state index contributed by atoms with van der Waals surface area (Å²) in [4.78, 5) is 0. The van der Waals surface area contributed by atoms with Crippen molar-refractivity contribution in [2.75, 3.05) is 19.8 Å². The molecule has 1 atom stereocenters. The molecule has 0 aromatic carbocycles. The van der Waals surface area contributed by atoms with E-state index >= 15 is 0 Å². The molecule has 1 aliphatic rings. The van der Waals surface area contributed by atoms with Gasteiger partial charge in [0, 0.05) is 18.6 Å². The van der Waals surface area contributed by atoms with Crippen LogP contribution in [0.3, 0.4) is 0 Å². The number of allylic oxidation sites excluding steroid dienone is 1. The summed E-state index contributed by atoms with van der Waals surface area (Å²) in [5, 5.41) is 0. The van der Waals surface area contributed by atoms with E-state index < -0.39 is 0 Å². The lowest BCUT2D eigenvalue weighted by molar-refractivity contribution is 0.150. The molecule has 0 aromatic heterocycles. The van der Waals surface area contributed by atoms with Gasteiger partial charge in [0.15, 0.2) is 0 Å². The quantitative estimate of drug-likeness (QED) is 0.621. The molecule has 0 saturated carbocycles. The second kappa shape index (κ2) is 3.88. The highest BCUT2D eigenvalue weighted by Crippen LogP contribution is 2.32. The third-order valence-electron chi connectivity index (χ3n) is 2.50. The summed E-state index contributed by atoms with van der Waals surface area (Å²) in [6.45, 7) is 6.18. The lowest BCUT2D eigenvalue weighted by Crippen LogP contribution is -2.30. The maximum Gasteiger partial charge on any atom is 0.0535 e. The Labute approximate surface area is 68.4 Å². The molecule has 1 heterocycles. The van der Waals surface area contributed by atoms with E-state index in [1.807, 2.05) is 6.08 Å². The molecule has 64 valence electrons. The number of nitrogens with two attached hydrogens (primary N) is 1. The summed E-state index contributed by atoms with van der Waals surface area (Å²) in [7, 11) is 0. The normalized spacial score (nSPS) is 30.6. The van der Waals surface area contributed by atoms with Gasteiger partial charge in [-0.1, -0.05) is 6.08 Å². The van der Waals surface area contributed by atoms with Crippen molar-refractivity contribution in [1.29, 1.82) is 0 Å². The Hall–Kier alpha value is -0.340. The molecule has 0 amide bonds. The van der Waals surface area contributed by atoms with E-state index in [0.29, 0.717) is 0 Å². The van der Waals surface area contributed by atoms with Crippen molar-refractivity contribution in [3.05, 3.63) is 12.7 Å². The summed E-state index contributed by atoms with van der Waals surface area (Å²) < 4.78 is 5.33.